The van der Waals surface area contributed by atoms with Gasteiger partial charge in [0.15, 0.2) is 5.78 Å². The van der Waals surface area contributed by atoms with E-state index in [2.05, 4.69) is 52.8 Å². The van der Waals surface area contributed by atoms with E-state index >= 15 is 0 Å². The maximum atomic E-state index is 11.8. The highest BCUT2D eigenvalue weighted by Gasteiger charge is 2.35. The predicted molar refractivity (Wildman–Crippen MR) is 120 cm³/mol. The fourth-order valence-corrected chi connectivity index (χ4v) is 4.39. The first-order valence-electron chi connectivity index (χ1n) is 10.4. The molecule has 1 atom stereocenters. The Hall–Kier alpha value is -1.96. The molecule has 2 nitrogen and oxygen atoms in total. The SMILES string of the molecule is C/C=C/C(=O)C1=C(C)C=CCC1(C)C.C/C=C/C=C1\C(C)CC(=O)CC1(C)C. The molecule has 2 rings (SSSR count). The second kappa shape index (κ2) is 10.0. The van der Waals surface area contributed by atoms with Crippen molar-refractivity contribution in [2.45, 2.75) is 74.7 Å². The molecule has 0 aliphatic heterocycles. The van der Waals surface area contributed by atoms with Crippen molar-refractivity contribution in [1.29, 1.82) is 0 Å². The molecular formula is C26H38O2. The lowest BCUT2D eigenvalue weighted by molar-refractivity contribution is -0.122. The van der Waals surface area contributed by atoms with Crippen LogP contribution in [0, 0.1) is 16.7 Å². The Labute approximate surface area is 172 Å². The summed E-state index contributed by atoms with van der Waals surface area (Å²) >= 11 is 0. The van der Waals surface area contributed by atoms with Crippen LogP contribution in [-0.4, -0.2) is 11.6 Å². The average molecular weight is 383 g/mol. The summed E-state index contributed by atoms with van der Waals surface area (Å²) in [5, 5.41) is 0. The van der Waals surface area contributed by atoms with Gasteiger partial charge in [-0.2, -0.15) is 0 Å². The van der Waals surface area contributed by atoms with Crippen LogP contribution in [0.5, 0.6) is 0 Å². The smallest absolute Gasteiger partial charge is 0.182 e. The number of ketones is 2. The molecule has 28 heavy (non-hydrogen) atoms. The summed E-state index contributed by atoms with van der Waals surface area (Å²) in [7, 11) is 0. The van der Waals surface area contributed by atoms with Gasteiger partial charge in [0.2, 0.25) is 0 Å². The lowest BCUT2D eigenvalue weighted by atomic mass is 9.68. The van der Waals surface area contributed by atoms with E-state index in [0.717, 1.165) is 17.6 Å². The standard InChI is InChI=1S/C13H18O.C13H20O/c1-5-7-11(14)12-10(2)8-6-9-13(12,3)4;1-5-6-7-12-10(2)8-11(14)9-13(12,3)4/h5-8H,9H2,1-4H3;5-7,10H,8-9H2,1-4H3/b7-5+;6-5+,12-7+. The van der Waals surface area contributed by atoms with Gasteiger partial charge in [0.1, 0.15) is 5.78 Å². The third kappa shape index (κ3) is 6.29. The fourth-order valence-electron chi connectivity index (χ4n) is 4.39. The molecule has 1 fully saturated rings. The molecule has 0 aromatic heterocycles. The van der Waals surface area contributed by atoms with Gasteiger partial charge in [0.05, 0.1) is 0 Å². The molecule has 2 aliphatic carbocycles. The molecule has 0 radical (unpaired) electrons. The summed E-state index contributed by atoms with van der Waals surface area (Å²) in [5.74, 6) is 0.960. The van der Waals surface area contributed by atoms with Gasteiger partial charge in [-0.1, -0.05) is 76.6 Å². The molecule has 0 heterocycles. The molecule has 0 N–H and O–H groups in total. The zero-order valence-electron chi connectivity index (χ0n) is 19.1. The van der Waals surface area contributed by atoms with Gasteiger partial charge in [-0.3, -0.25) is 9.59 Å². The number of carbonyl (C=O) groups is 2. The summed E-state index contributed by atoms with van der Waals surface area (Å²) in [6, 6.07) is 0. The van der Waals surface area contributed by atoms with Crippen LogP contribution in [0.4, 0.5) is 0 Å². The maximum absolute atomic E-state index is 11.8. The highest BCUT2D eigenvalue weighted by atomic mass is 16.1. The second-order valence-corrected chi connectivity index (χ2v) is 9.26. The summed E-state index contributed by atoms with van der Waals surface area (Å²) in [5.41, 5.74) is 3.50. The maximum Gasteiger partial charge on any atom is 0.182 e. The van der Waals surface area contributed by atoms with Crippen molar-refractivity contribution in [1.82, 2.24) is 0 Å². The van der Waals surface area contributed by atoms with Crippen LogP contribution >= 0.6 is 0 Å². The van der Waals surface area contributed by atoms with Gasteiger partial charge < -0.3 is 0 Å². The summed E-state index contributed by atoms with van der Waals surface area (Å²) in [6.07, 6.45) is 16.3. The molecule has 1 saturated carbocycles. The van der Waals surface area contributed by atoms with Crippen LogP contribution in [0.15, 0.2) is 59.3 Å². The number of allylic oxidation sites excluding steroid dienone is 10. The fraction of sp³-hybridized carbons (Fsp3) is 0.538. The molecule has 0 amide bonds. The van der Waals surface area contributed by atoms with E-state index in [-0.39, 0.29) is 16.6 Å². The average Bonchev–Trinajstić information content (AvgIpc) is 2.53. The van der Waals surface area contributed by atoms with Crippen LogP contribution in [0.25, 0.3) is 0 Å². The highest BCUT2D eigenvalue weighted by Crippen LogP contribution is 2.41. The summed E-state index contributed by atoms with van der Waals surface area (Å²) < 4.78 is 0. The number of Topliss-reactive ketones (excluding diaryl/α,β-unsaturated/α-hetero) is 1. The van der Waals surface area contributed by atoms with Crippen LogP contribution < -0.4 is 0 Å². The van der Waals surface area contributed by atoms with Crippen molar-refractivity contribution in [3.63, 3.8) is 0 Å². The van der Waals surface area contributed by atoms with E-state index in [4.69, 9.17) is 0 Å². The van der Waals surface area contributed by atoms with E-state index in [1.54, 1.807) is 12.2 Å². The molecule has 154 valence electrons. The Kier molecular flexibility index (Phi) is 8.60. The van der Waals surface area contributed by atoms with E-state index in [1.807, 2.05) is 32.9 Å². The van der Waals surface area contributed by atoms with Gasteiger partial charge in [-0.15, -0.1) is 0 Å². The van der Waals surface area contributed by atoms with E-state index in [9.17, 15) is 9.59 Å². The van der Waals surface area contributed by atoms with Gasteiger partial charge >= 0.3 is 0 Å². The molecule has 1 unspecified atom stereocenters. The van der Waals surface area contributed by atoms with Crippen molar-refractivity contribution in [2.24, 2.45) is 16.7 Å². The summed E-state index contributed by atoms with van der Waals surface area (Å²) in [4.78, 5) is 23.3. The molecule has 2 aliphatic rings. The molecule has 0 bridgehead atoms. The Morgan fingerprint density at radius 2 is 1.75 bits per heavy atom. The van der Waals surface area contributed by atoms with Crippen molar-refractivity contribution in [3.05, 3.63) is 59.3 Å². The van der Waals surface area contributed by atoms with Crippen LogP contribution in [0.2, 0.25) is 0 Å². The van der Waals surface area contributed by atoms with Crippen molar-refractivity contribution in [2.75, 3.05) is 0 Å². The molecule has 0 aromatic rings. The minimum Gasteiger partial charge on any atom is -0.300 e. The minimum atomic E-state index is -0.0184. The Morgan fingerprint density at radius 3 is 2.25 bits per heavy atom. The second-order valence-electron chi connectivity index (χ2n) is 9.26. The zero-order chi connectivity index (χ0) is 21.5. The minimum absolute atomic E-state index is 0.0184. The summed E-state index contributed by atoms with van der Waals surface area (Å²) in [6.45, 7) is 16.6. The lowest BCUT2D eigenvalue weighted by Crippen LogP contribution is -2.30. The first-order chi connectivity index (χ1) is 13.0. The van der Waals surface area contributed by atoms with Crippen LogP contribution in [0.1, 0.15) is 74.7 Å². The Morgan fingerprint density at radius 1 is 1.11 bits per heavy atom. The van der Waals surface area contributed by atoms with E-state index in [0.29, 0.717) is 24.5 Å². The van der Waals surface area contributed by atoms with Crippen molar-refractivity contribution in [3.8, 4) is 0 Å². The third-order valence-corrected chi connectivity index (χ3v) is 5.59. The van der Waals surface area contributed by atoms with Crippen LogP contribution in [-0.2, 0) is 9.59 Å². The Balaban J connectivity index is 0.000000280. The van der Waals surface area contributed by atoms with Crippen LogP contribution in [0.3, 0.4) is 0 Å². The normalized spacial score (nSPS) is 25.4. The zero-order valence-corrected chi connectivity index (χ0v) is 19.1. The molecule has 0 spiro atoms. The lowest BCUT2D eigenvalue weighted by Gasteiger charge is -2.36. The Bertz CT molecular complexity index is 736. The molecular weight excluding hydrogens is 344 g/mol. The number of carbonyl (C=O) groups excluding carboxylic acids is 2. The number of hydrogen-bond acceptors (Lipinski definition) is 2. The molecule has 0 aromatic carbocycles. The van der Waals surface area contributed by atoms with Crippen molar-refractivity contribution >= 4 is 11.6 Å². The monoisotopic (exact) mass is 382 g/mol. The predicted octanol–water partition coefficient (Wildman–Crippen LogP) is 6.95. The first-order valence-corrected chi connectivity index (χ1v) is 10.4. The van der Waals surface area contributed by atoms with Gasteiger partial charge in [-0.05, 0) is 55.6 Å². The molecule has 2 heteroatoms. The quantitative estimate of drug-likeness (QED) is 0.495. The number of hydrogen-bond donors (Lipinski definition) is 0. The van der Waals surface area contributed by atoms with Gasteiger partial charge in [0, 0.05) is 18.4 Å². The van der Waals surface area contributed by atoms with Gasteiger partial charge in [-0.25, -0.2) is 0 Å². The van der Waals surface area contributed by atoms with E-state index in [1.165, 1.54) is 5.57 Å². The van der Waals surface area contributed by atoms with Crippen molar-refractivity contribution < 1.29 is 9.59 Å². The van der Waals surface area contributed by atoms with Gasteiger partial charge in [0.25, 0.3) is 0 Å². The molecule has 0 saturated heterocycles. The highest BCUT2D eigenvalue weighted by molar-refractivity contribution is 6.05. The van der Waals surface area contributed by atoms with E-state index < -0.39 is 0 Å². The first kappa shape index (κ1) is 24.1. The topological polar surface area (TPSA) is 34.1 Å². The third-order valence-electron chi connectivity index (χ3n) is 5.59. The largest absolute Gasteiger partial charge is 0.300 e. The number of rotatable bonds is 3.